The summed E-state index contributed by atoms with van der Waals surface area (Å²) in [4.78, 5) is 26.1. The van der Waals surface area contributed by atoms with Gasteiger partial charge in [0.2, 0.25) is 0 Å². The molecule has 1 aromatic carbocycles. The maximum Gasteiger partial charge on any atom is 0.417 e. The molecule has 0 radical (unpaired) electrons. The first-order valence-electron chi connectivity index (χ1n) is 6.06. The summed E-state index contributed by atoms with van der Waals surface area (Å²) in [5.41, 5.74) is 2.27. The number of carboxylic acid groups (broad SMARTS) is 1. The Labute approximate surface area is 109 Å². The van der Waals surface area contributed by atoms with Crippen LogP contribution in [0.15, 0.2) is 27.4 Å². The van der Waals surface area contributed by atoms with Crippen LogP contribution >= 0.6 is 0 Å². The molecule has 2 aromatic rings. The minimum atomic E-state index is -0.772. The van der Waals surface area contributed by atoms with Gasteiger partial charge >= 0.3 is 11.7 Å². The molecule has 2 rings (SSSR count). The fraction of sp³-hybridized carbons (Fsp3) is 0.385. The average Bonchev–Trinajstić information content (AvgIpc) is 2.67. The summed E-state index contributed by atoms with van der Waals surface area (Å²) in [5.74, 6) is -1.23. The van der Waals surface area contributed by atoms with Gasteiger partial charge < -0.3 is 14.4 Å². The van der Waals surface area contributed by atoms with E-state index in [1.807, 2.05) is 24.1 Å². The lowest BCUT2D eigenvalue weighted by Crippen LogP contribution is -2.19. The highest BCUT2D eigenvalue weighted by Gasteiger charge is 2.05. The van der Waals surface area contributed by atoms with Crippen molar-refractivity contribution >= 4 is 17.1 Å². The molecule has 0 amide bonds. The molecular formula is C13H16N2O4. The van der Waals surface area contributed by atoms with E-state index in [1.54, 1.807) is 6.07 Å². The minimum absolute atomic E-state index is 0.179. The number of benzene rings is 1. The third kappa shape index (κ3) is 3.69. The summed E-state index contributed by atoms with van der Waals surface area (Å²) in [5, 5.41) is 8.57. The van der Waals surface area contributed by atoms with Crippen molar-refractivity contribution < 1.29 is 14.3 Å². The molecule has 1 heterocycles. The number of carboxylic acids is 1. The van der Waals surface area contributed by atoms with Crippen LogP contribution in [0.25, 0.3) is 11.1 Å². The topological polar surface area (TPSA) is 86.5 Å². The Balaban J connectivity index is 1.96. The smallest absolute Gasteiger partial charge is 0.417 e. The molecule has 19 heavy (non-hydrogen) atoms. The van der Waals surface area contributed by atoms with Gasteiger partial charge in [-0.15, -0.1) is 0 Å². The quantitative estimate of drug-likeness (QED) is 0.824. The molecule has 0 spiro atoms. The fourth-order valence-electron chi connectivity index (χ4n) is 1.99. The van der Waals surface area contributed by atoms with Gasteiger partial charge in [0, 0.05) is 13.0 Å². The Hall–Kier alpha value is -2.08. The van der Waals surface area contributed by atoms with Crippen LogP contribution in [-0.2, 0) is 11.3 Å². The number of H-pyrrole nitrogens is 1. The van der Waals surface area contributed by atoms with Crippen molar-refractivity contribution in [3.8, 4) is 0 Å². The molecule has 0 aliphatic rings. The van der Waals surface area contributed by atoms with E-state index in [9.17, 15) is 9.59 Å². The molecule has 0 saturated carbocycles. The molecule has 0 atom stereocenters. The molecule has 0 bridgehead atoms. The van der Waals surface area contributed by atoms with E-state index in [2.05, 4.69) is 4.98 Å². The second-order valence-corrected chi connectivity index (χ2v) is 4.58. The molecule has 102 valence electrons. The van der Waals surface area contributed by atoms with E-state index < -0.39 is 11.7 Å². The van der Waals surface area contributed by atoms with Crippen LogP contribution in [0.5, 0.6) is 0 Å². The monoisotopic (exact) mass is 264 g/mol. The Morgan fingerprint density at radius 2 is 2.26 bits per heavy atom. The van der Waals surface area contributed by atoms with Gasteiger partial charge in [0.05, 0.1) is 5.52 Å². The first kappa shape index (κ1) is 13.4. The number of fused-ring (bicyclic) bond motifs is 1. The largest absolute Gasteiger partial charge is 0.481 e. The van der Waals surface area contributed by atoms with Gasteiger partial charge in [-0.05, 0) is 37.7 Å². The van der Waals surface area contributed by atoms with Crippen LogP contribution in [0.2, 0.25) is 0 Å². The zero-order chi connectivity index (χ0) is 13.8. The van der Waals surface area contributed by atoms with Gasteiger partial charge in [-0.25, -0.2) is 4.79 Å². The van der Waals surface area contributed by atoms with Gasteiger partial charge in [-0.1, -0.05) is 6.07 Å². The predicted molar refractivity (Wildman–Crippen MR) is 70.0 cm³/mol. The number of oxazole rings is 1. The van der Waals surface area contributed by atoms with E-state index >= 15 is 0 Å². The maximum absolute atomic E-state index is 11.0. The van der Waals surface area contributed by atoms with Gasteiger partial charge in [-0.2, -0.15) is 0 Å². The summed E-state index contributed by atoms with van der Waals surface area (Å²) in [6.07, 6.45) is 0.801. The van der Waals surface area contributed by atoms with Crippen LogP contribution in [-0.4, -0.2) is 34.6 Å². The second-order valence-electron chi connectivity index (χ2n) is 4.58. The van der Waals surface area contributed by atoms with E-state index in [4.69, 9.17) is 9.52 Å². The number of nitrogens with one attached hydrogen (secondary N) is 1. The van der Waals surface area contributed by atoms with E-state index in [0.29, 0.717) is 30.6 Å². The Morgan fingerprint density at radius 3 is 3.00 bits per heavy atom. The molecule has 0 fully saturated rings. The standard InChI is InChI=1S/C13H16N2O4/c1-15(6-2-3-12(16)17)8-9-4-5-11-10(7-9)14-13(18)19-11/h4-5,7H,2-3,6,8H2,1H3,(H,14,18)(H,16,17). The molecule has 6 heteroatoms. The molecule has 2 N–H and O–H groups in total. The molecular weight excluding hydrogens is 248 g/mol. The van der Waals surface area contributed by atoms with E-state index in [-0.39, 0.29) is 6.42 Å². The number of aromatic amines is 1. The summed E-state index contributed by atoms with van der Waals surface area (Å²) < 4.78 is 4.93. The molecule has 0 aliphatic carbocycles. The Bertz CT molecular complexity index is 629. The van der Waals surface area contributed by atoms with Gasteiger partial charge in [0.25, 0.3) is 0 Å². The van der Waals surface area contributed by atoms with Crippen molar-refractivity contribution in [2.24, 2.45) is 0 Å². The average molecular weight is 264 g/mol. The Morgan fingerprint density at radius 1 is 1.47 bits per heavy atom. The number of hydrogen-bond acceptors (Lipinski definition) is 4. The number of aromatic nitrogens is 1. The zero-order valence-electron chi connectivity index (χ0n) is 10.7. The van der Waals surface area contributed by atoms with Crippen LogP contribution in [0.4, 0.5) is 0 Å². The van der Waals surface area contributed by atoms with E-state index in [1.165, 1.54) is 0 Å². The normalized spacial score (nSPS) is 11.3. The predicted octanol–water partition coefficient (Wildman–Crippen LogP) is 1.42. The zero-order valence-corrected chi connectivity index (χ0v) is 10.7. The summed E-state index contributed by atoms with van der Waals surface area (Å²) >= 11 is 0. The summed E-state index contributed by atoms with van der Waals surface area (Å²) in [6.45, 7) is 1.41. The van der Waals surface area contributed by atoms with Crippen LogP contribution < -0.4 is 5.76 Å². The highest BCUT2D eigenvalue weighted by Crippen LogP contribution is 2.13. The maximum atomic E-state index is 11.0. The molecule has 1 aromatic heterocycles. The van der Waals surface area contributed by atoms with E-state index in [0.717, 1.165) is 5.56 Å². The lowest BCUT2D eigenvalue weighted by molar-refractivity contribution is -0.137. The van der Waals surface area contributed by atoms with Crippen LogP contribution in [0.1, 0.15) is 18.4 Å². The van der Waals surface area contributed by atoms with Crippen molar-refractivity contribution in [3.05, 3.63) is 34.3 Å². The van der Waals surface area contributed by atoms with Crippen molar-refractivity contribution in [2.75, 3.05) is 13.6 Å². The van der Waals surface area contributed by atoms with Crippen molar-refractivity contribution in [3.63, 3.8) is 0 Å². The lowest BCUT2D eigenvalue weighted by atomic mass is 10.2. The molecule has 0 saturated heterocycles. The first-order chi connectivity index (χ1) is 9.04. The highest BCUT2D eigenvalue weighted by molar-refractivity contribution is 5.72. The van der Waals surface area contributed by atoms with Gasteiger partial charge in [0.15, 0.2) is 5.58 Å². The summed E-state index contributed by atoms with van der Waals surface area (Å²) in [6, 6.07) is 5.52. The third-order valence-electron chi connectivity index (χ3n) is 2.87. The number of nitrogens with zero attached hydrogens (tertiary/aromatic N) is 1. The molecule has 0 unspecified atom stereocenters. The van der Waals surface area contributed by atoms with Crippen LogP contribution in [0.3, 0.4) is 0 Å². The lowest BCUT2D eigenvalue weighted by Gasteiger charge is -2.15. The number of carbonyl (C=O) groups is 1. The Kier molecular flexibility index (Phi) is 4.01. The van der Waals surface area contributed by atoms with Crippen molar-refractivity contribution in [1.82, 2.24) is 9.88 Å². The van der Waals surface area contributed by atoms with Crippen molar-refractivity contribution in [2.45, 2.75) is 19.4 Å². The number of rotatable bonds is 6. The molecule has 6 nitrogen and oxygen atoms in total. The SMILES string of the molecule is CN(CCCC(=O)O)Cc1ccc2oc(=O)[nH]c2c1. The molecule has 0 aliphatic heterocycles. The fourth-order valence-corrected chi connectivity index (χ4v) is 1.99. The van der Waals surface area contributed by atoms with Gasteiger partial charge in [0.1, 0.15) is 0 Å². The summed E-state index contributed by atoms with van der Waals surface area (Å²) in [7, 11) is 1.93. The van der Waals surface area contributed by atoms with Crippen molar-refractivity contribution in [1.29, 1.82) is 0 Å². The first-order valence-corrected chi connectivity index (χ1v) is 6.06. The second kappa shape index (κ2) is 5.71. The number of hydrogen-bond donors (Lipinski definition) is 2. The van der Waals surface area contributed by atoms with Crippen LogP contribution in [0, 0.1) is 0 Å². The van der Waals surface area contributed by atoms with Gasteiger partial charge in [-0.3, -0.25) is 9.78 Å². The highest BCUT2D eigenvalue weighted by atomic mass is 16.4. The third-order valence-corrected chi connectivity index (χ3v) is 2.87. The number of aliphatic carboxylic acids is 1. The minimum Gasteiger partial charge on any atom is -0.481 e.